The summed E-state index contributed by atoms with van der Waals surface area (Å²) in [7, 11) is 1.95. The maximum absolute atomic E-state index is 13.2. The van der Waals surface area contributed by atoms with Crippen LogP contribution >= 0.6 is 11.8 Å². The normalized spacial score (nSPS) is 15.8. The van der Waals surface area contributed by atoms with E-state index < -0.39 is 0 Å². The molecule has 1 amide bonds. The molecule has 1 aromatic heterocycles. The van der Waals surface area contributed by atoms with Gasteiger partial charge in [0, 0.05) is 30.7 Å². The van der Waals surface area contributed by atoms with Crippen LogP contribution in [0.15, 0.2) is 83.9 Å². The van der Waals surface area contributed by atoms with Crippen molar-refractivity contribution >= 4 is 17.7 Å². The van der Waals surface area contributed by atoms with E-state index in [1.807, 2.05) is 36.2 Å². The Morgan fingerprint density at radius 2 is 1.70 bits per heavy atom. The van der Waals surface area contributed by atoms with Gasteiger partial charge < -0.3 is 4.90 Å². The van der Waals surface area contributed by atoms with Crippen molar-refractivity contribution < 1.29 is 4.79 Å². The van der Waals surface area contributed by atoms with Crippen LogP contribution in [0, 0.1) is 5.92 Å². The Labute approximate surface area is 202 Å². The fourth-order valence-electron chi connectivity index (χ4n) is 4.78. The van der Waals surface area contributed by atoms with Gasteiger partial charge >= 0.3 is 0 Å². The number of thioether (sulfide) groups is 1. The molecule has 1 aliphatic heterocycles. The number of amides is 1. The summed E-state index contributed by atoms with van der Waals surface area (Å²) in [6, 6.07) is 25.1. The van der Waals surface area contributed by atoms with Crippen molar-refractivity contribution in [3.8, 4) is 0 Å². The molecule has 0 unspecified atom stereocenters. The highest BCUT2D eigenvalue weighted by Crippen LogP contribution is 2.28. The van der Waals surface area contributed by atoms with Crippen LogP contribution in [0.2, 0.25) is 0 Å². The number of piperidine rings is 1. The zero-order chi connectivity index (χ0) is 23.0. The summed E-state index contributed by atoms with van der Waals surface area (Å²) < 4.78 is 0. The smallest absolute Gasteiger partial charge is 0.272 e. The molecule has 0 radical (unpaired) electrons. The number of likely N-dealkylation sites (N-methyl/N-ethyl adjacent to an activating group) is 1. The number of pyridine rings is 1. The molecule has 33 heavy (non-hydrogen) atoms. The van der Waals surface area contributed by atoms with Gasteiger partial charge in [0.25, 0.3) is 5.91 Å². The van der Waals surface area contributed by atoms with E-state index in [2.05, 4.69) is 64.7 Å². The lowest BCUT2D eigenvalue weighted by Gasteiger charge is -2.40. The van der Waals surface area contributed by atoms with Gasteiger partial charge in [0.2, 0.25) is 0 Å². The molecule has 1 saturated heterocycles. The fourth-order valence-corrected chi connectivity index (χ4v) is 5.19. The highest BCUT2D eigenvalue weighted by Gasteiger charge is 2.32. The zero-order valence-electron chi connectivity index (χ0n) is 19.6. The third-order valence-electron chi connectivity index (χ3n) is 6.73. The van der Waals surface area contributed by atoms with Crippen LogP contribution in [0.4, 0.5) is 0 Å². The Hall–Kier alpha value is -2.63. The average molecular weight is 460 g/mol. The topological polar surface area (TPSA) is 36.4 Å². The number of rotatable bonds is 8. The van der Waals surface area contributed by atoms with E-state index in [0.717, 1.165) is 38.9 Å². The molecule has 2 heterocycles. The van der Waals surface area contributed by atoms with Crippen LogP contribution in [-0.4, -0.2) is 53.1 Å². The summed E-state index contributed by atoms with van der Waals surface area (Å²) in [4.78, 5) is 23.3. The monoisotopic (exact) mass is 459 g/mol. The van der Waals surface area contributed by atoms with E-state index in [1.54, 1.807) is 18.0 Å². The van der Waals surface area contributed by atoms with Gasteiger partial charge in [-0.15, -0.1) is 11.8 Å². The summed E-state index contributed by atoms with van der Waals surface area (Å²) in [6.45, 7) is 3.12. The van der Waals surface area contributed by atoms with Gasteiger partial charge in [-0.2, -0.15) is 0 Å². The molecule has 0 saturated carbocycles. The Kier molecular flexibility index (Phi) is 8.19. The number of carbonyl (C=O) groups excluding carboxylic acids is 1. The molecular formula is C28H33N3OS. The highest BCUT2D eigenvalue weighted by molar-refractivity contribution is 7.98. The minimum Gasteiger partial charge on any atom is -0.337 e. The second-order valence-electron chi connectivity index (χ2n) is 8.85. The van der Waals surface area contributed by atoms with Gasteiger partial charge in [0.05, 0.1) is 0 Å². The van der Waals surface area contributed by atoms with Crippen molar-refractivity contribution in [1.29, 1.82) is 0 Å². The largest absolute Gasteiger partial charge is 0.337 e. The first kappa shape index (κ1) is 23.5. The number of likely N-dealkylation sites (tertiary alicyclic amines) is 1. The molecule has 0 spiro atoms. The molecule has 0 N–H and O–H groups in total. The van der Waals surface area contributed by atoms with E-state index in [1.165, 1.54) is 16.0 Å². The van der Waals surface area contributed by atoms with Gasteiger partial charge in [-0.25, -0.2) is 0 Å². The highest BCUT2D eigenvalue weighted by atomic mass is 32.2. The van der Waals surface area contributed by atoms with Crippen molar-refractivity contribution in [2.75, 3.05) is 26.4 Å². The molecule has 4 nitrogen and oxygen atoms in total. The minimum absolute atomic E-state index is 0.00726. The fraction of sp³-hybridized carbons (Fsp3) is 0.357. The van der Waals surface area contributed by atoms with E-state index in [4.69, 9.17) is 0 Å². The maximum atomic E-state index is 13.2. The Bertz CT molecular complexity index is 1000. The predicted octanol–water partition coefficient (Wildman–Crippen LogP) is 5.40. The van der Waals surface area contributed by atoms with E-state index in [-0.39, 0.29) is 11.9 Å². The lowest BCUT2D eigenvalue weighted by molar-refractivity contribution is 0.0579. The van der Waals surface area contributed by atoms with Crippen LogP contribution in [0.5, 0.6) is 0 Å². The van der Waals surface area contributed by atoms with Crippen LogP contribution in [-0.2, 0) is 13.0 Å². The molecule has 5 heteroatoms. The molecule has 0 bridgehead atoms. The predicted molar refractivity (Wildman–Crippen MR) is 136 cm³/mol. The number of carbonyl (C=O) groups is 1. The first-order valence-electron chi connectivity index (χ1n) is 11.7. The van der Waals surface area contributed by atoms with Crippen LogP contribution in [0.1, 0.15) is 34.5 Å². The molecule has 3 aromatic rings. The van der Waals surface area contributed by atoms with Gasteiger partial charge in [0.15, 0.2) is 0 Å². The first-order valence-corrected chi connectivity index (χ1v) is 12.9. The van der Waals surface area contributed by atoms with E-state index >= 15 is 0 Å². The van der Waals surface area contributed by atoms with Crippen molar-refractivity contribution in [3.63, 3.8) is 0 Å². The molecule has 0 aliphatic carbocycles. The molecular weight excluding hydrogens is 426 g/mol. The lowest BCUT2D eigenvalue weighted by atomic mass is 9.84. The number of aromatic nitrogens is 1. The number of benzene rings is 2. The Morgan fingerprint density at radius 3 is 2.33 bits per heavy atom. The van der Waals surface area contributed by atoms with Gasteiger partial charge in [-0.3, -0.25) is 14.7 Å². The summed E-state index contributed by atoms with van der Waals surface area (Å²) in [5.41, 5.74) is 3.17. The van der Waals surface area contributed by atoms with Crippen molar-refractivity contribution in [2.45, 2.75) is 36.7 Å². The quantitative estimate of drug-likeness (QED) is 0.423. The van der Waals surface area contributed by atoms with Crippen molar-refractivity contribution in [2.24, 2.45) is 5.92 Å². The SMILES string of the molecule is CSc1ccc(CN2CCC([C@H](Cc3ccccc3)N(C)C(=O)c3ccccn3)CC2)cc1. The number of hydrogen-bond acceptors (Lipinski definition) is 4. The number of hydrogen-bond donors (Lipinski definition) is 0. The third kappa shape index (κ3) is 6.24. The van der Waals surface area contributed by atoms with Gasteiger partial charge in [-0.1, -0.05) is 48.5 Å². The first-order chi connectivity index (χ1) is 16.1. The summed E-state index contributed by atoms with van der Waals surface area (Å²) >= 11 is 1.78. The van der Waals surface area contributed by atoms with E-state index in [9.17, 15) is 4.79 Å². The summed E-state index contributed by atoms with van der Waals surface area (Å²) in [6.07, 6.45) is 6.87. The Balaban J connectivity index is 1.43. The number of nitrogens with zero attached hydrogens (tertiary/aromatic N) is 3. The van der Waals surface area contributed by atoms with Crippen LogP contribution < -0.4 is 0 Å². The Morgan fingerprint density at radius 1 is 1.00 bits per heavy atom. The lowest BCUT2D eigenvalue weighted by Crippen LogP contribution is -2.47. The molecule has 4 rings (SSSR count). The van der Waals surface area contributed by atoms with Crippen molar-refractivity contribution in [1.82, 2.24) is 14.8 Å². The molecule has 2 aromatic carbocycles. The standard InChI is InChI=1S/C28H33N3OS/c1-30(28(32)26-10-6-7-17-29-26)27(20-22-8-4-3-5-9-22)24-15-18-31(19-16-24)21-23-11-13-25(33-2)14-12-23/h3-14,17,24,27H,15-16,18-21H2,1-2H3/t27-/m0/s1. The van der Waals surface area contributed by atoms with Gasteiger partial charge in [0.1, 0.15) is 5.69 Å². The molecule has 1 atom stereocenters. The summed E-state index contributed by atoms with van der Waals surface area (Å²) in [5.74, 6) is 0.478. The van der Waals surface area contributed by atoms with Crippen LogP contribution in [0.25, 0.3) is 0 Å². The van der Waals surface area contributed by atoms with Crippen molar-refractivity contribution in [3.05, 3.63) is 95.8 Å². The average Bonchev–Trinajstić information content (AvgIpc) is 2.88. The van der Waals surface area contributed by atoms with E-state index in [0.29, 0.717) is 11.6 Å². The minimum atomic E-state index is 0.00726. The molecule has 1 fully saturated rings. The van der Waals surface area contributed by atoms with Gasteiger partial charge in [-0.05, 0) is 79.9 Å². The molecule has 172 valence electrons. The molecule has 1 aliphatic rings. The second-order valence-corrected chi connectivity index (χ2v) is 9.73. The third-order valence-corrected chi connectivity index (χ3v) is 7.47. The zero-order valence-corrected chi connectivity index (χ0v) is 20.4. The maximum Gasteiger partial charge on any atom is 0.272 e. The van der Waals surface area contributed by atoms with Crippen LogP contribution in [0.3, 0.4) is 0 Å². The summed E-state index contributed by atoms with van der Waals surface area (Å²) in [5, 5.41) is 0. The second kappa shape index (κ2) is 11.5.